The molecule has 7 heteroatoms. The Morgan fingerprint density at radius 1 is 1.36 bits per heavy atom. The van der Waals surface area contributed by atoms with Crippen molar-refractivity contribution in [3.8, 4) is 10.7 Å². The number of rotatable bonds is 6. The molecule has 5 nitrogen and oxygen atoms in total. The third kappa shape index (κ3) is 4.15. The van der Waals surface area contributed by atoms with Crippen LogP contribution in [0.4, 0.5) is 0 Å². The van der Waals surface area contributed by atoms with E-state index in [1.165, 1.54) is 65.6 Å². The quantitative estimate of drug-likeness (QED) is 0.697. The van der Waals surface area contributed by atoms with Crippen LogP contribution >= 0.6 is 23.1 Å². The number of carbonyl (C=O) groups excluding carboxylic acids is 1. The molecular formula is C21H30N4OS2. The third-order valence-corrected chi connectivity index (χ3v) is 8.54. The molecule has 28 heavy (non-hydrogen) atoms. The highest BCUT2D eigenvalue weighted by Gasteiger charge is 2.25. The predicted molar refractivity (Wildman–Crippen MR) is 116 cm³/mol. The van der Waals surface area contributed by atoms with Crippen LogP contribution in [0.25, 0.3) is 10.7 Å². The van der Waals surface area contributed by atoms with E-state index in [1.54, 1.807) is 0 Å². The molecule has 0 spiro atoms. The molecule has 4 rings (SSSR count). The van der Waals surface area contributed by atoms with Crippen LogP contribution in [0, 0.1) is 5.92 Å². The first kappa shape index (κ1) is 20.0. The summed E-state index contributed by atoms with van der Waals surface area (Å²) in [6.45, 7) is 4.25. The summed E-state index contributed by atoms with van der Waals surface area (Å²) < 4.78 is 2.04. The van der Waals surface area contributed by atoms with Crippen LogP contribution in [-0.2, 0) is 24.7 Å². The van der Waals surface area contributed by atoms with E-state index in [0.717, 1.165) is 29.7 Å². The molecule has 0 aromatic carbocycles. The first-order valence-electron chi connectivity index (χ1n) is 10.5. The van der Waals surface area contributed by atoms with Gasteiger partial charge in [0.05, 0.1) is 10.1 Å². The number of nitrogens with one attached hydrogen (secondary N) is 1. The Bertz CT molecular complexity index is 838. The summed E-state index contributed by atoms with van der Waals surface area (Å²) in [5, 5.41) is 12.7. The Balaban J connectivity index is 1.44. The molecular weight excluding hydrogens is 388 g/mol. The van der Waals surface area contributed by atoms with Gasteiger partial charge in [0, 0.05) is 18.0 Å². The summed E-state index contributed by atoms with van der Waals surface area (Å²) in [5.41, 5.74) is 1.50. The van der Waals surface area contributed by atoms with Crippen LogP contribution in [0.5, 0.6) is 0 Å². The summed E-state index contributed by atoms with van der Waals surface area (Å²) >= 11 is 3.36. The summed E-state index contributed by atoms with van der Waals surface area (Å²) in [6.07, 6.45) is 9.62. The summed E-state index contributed by atoms with van der Waals surface area (Å²) in [5.74, 6) is 1.84. The molecule has 1 N–H and O–H groups in total. The van der Waals surface area contributed by atoms with Crippen molar-refractivity contribution in [3.63, 3.8) is 0 Å². The van der Waals surface area contributed by atoms with Gasteiger partial charge in [-0.15, -0.1) is 21.5 Å². The SMILES string of the molecule is CCC1CCc2sc(-c3nnc(SC(C)C(=O)NC4CCCC4)n3C)cc2C1. The van der Waals surface area contributed by atoms with Gasteiger partial charge in [0.2, 0.25) is 5.91 Å². The van der Waals surface area contributed by atoms with Crippen molar-refractivity contribution in [3.05, 3.63) is 16.5 Å². The van der Waals surface area contributed by atoms with Crippen molar-refractivity contribution in [2.24, 2.45) is 13.0 Å². The van der Waals surface area contributed by atoms with Gasteiger partial charge in [-0.2, -0.15) is 0 Å². The molecule has 2 heterocycles. The number of aromatic nitrogens is 3. The standard InChI is InChI=1S/C21H30N4OS2/c1-4-14-9-10-17-15(11-14)12-18(28-17)19-23-24-21(25(19)3)27-13(2)20(26)22-16-7-5-6-8-16/h12-14,16H,4-11H2,1-3H3,(H,22,26). The Labute approximate surface area is 175 Å². The average molecular weight is 419 g/mol. The lowest BCUT2D eigenvalue weighted by Gasteiger charge is -2.19. The lowest BCUT2D eigenvalue weighted by Crippen LogP contribution is -2.37. The van der Waals surface area contributed by atoms with Gasteiger partial charge in [-0.3, -0.25) is 4.79 Å². The molecule has 0 aliphatic heterocycles. The number of fused-ring (bicyclic) bond motifs is 1. The zero-order valence-electron chi connectivity index (χ0n) is 17.0. The fraction of sp³-hybridized carbons (Fsp3) is 0.667. The predicted octanol–water partition coefficient (Wildman–Crippen LogP) is 4.60. The van der Waals surface area contributed by atoms with Gasteiger partial charge in [-0.25, -0.2) is 0 Å². The molecule has 2 atom stereocenters. The largest absolute Gasteiger partial charge is 0.352 e. The maximum Gasteiger partial charge on any atom is 0.233 e. The van der Waals surface area contributed by atoms with Crippen molar-refractivity contribution in [1.82, 2.24) is 20.1 Å². The number of thiophene rings is 1. The molecule has 1 fully saturated rings. The second-order valence-corrected chi connectivity index (χ2v) is 10.6. The lowest BCUT2D eigenvalue weighted by molar-refractivity contribution is -0.120. The van der Waals surface area contributed by atoms with Crippen molar-refractivity contribution in [2.75, 3.05) is 0 Å². The molecule has 2 aromatic heterocycles. The summed E-state index contributed by atoms with van der Waals surface area (Å²) in [6, 6.07) is 2.67. The number of hydrogen-bond donors (Lipinski definition) is 1. The van der Waals surface area contributed by atoms with Crippen LogP contribution in [0.2, 0.25) is 0 Å². The average Bonchev–Trinajstić information content (AvgIpc) is 3.42. The van der Waals surface area contributed by atoms with Crippen molar-refractivity contribution >= 4 is 29.0 Å². The van der Waals surface area contributed by atoms with Gasteiger partial charge in [0.1, 0.15) is 0 Å². The Morgan fingerprint density at radius 2 is 2.14 bits per heavy atom. The lowest BCUT2D eigenvalue weighted by atomic mass is 9.87. The molecule has 152 valence electrons. The molecule has 1 saturated carbocycles. The molecule has 0 saturated heterocycles. The number of amides is 1. The van der Waals surface area contributed by atoms with Gasteiger partial charge >= 0.3 is 0 Å². The molecule has 2 unspecified atom stereocenters. The monoisotopic (exact) mass is 418 g/mol. The van der Waals surface area contributed by atoms with E-state index in [2.05, 4.69) is 28.5 Å². The number of nitrogens with zero attached hydrogens (tertiary/aromatic N) is 3. The number of aryl methyl sites for hydroxylation is 1. The van der Waals surface area contributed by atoms with Gasteiger partial charge in [0.25, 0.3) is 0 Å². The normalized spacial score (nSPS) is 20.9. The first-order valence-corrected chi connectivity index (χ1v) is 12.2. The topological polar surface area (TPSA) is 59.8 Å². The highest BCUT2D eigenvalue weighted by atomic mass is 32.2. The van der Waals surface area contributed by atoms with Gasteiger partial charge in [-0.05, 0) is 56.6 Å². The number of thioether (sulfide) groups is 1. The zero-order chi connectivity index (χ0) is 19.7. The number of hydrogen-bond acceptors (Lipinski definition) is 5. The Hall–Kier alpha value is -1.34. The third-order valence-electron chi connectivity index (χ3n) is 6.17. The Morgan fingerprint density at radius 3 is 2.89 bits per heavy atom. The molecule has 0 bridgehead atoms. The summed E-state index contributed by atoms with van der Waals surface area (Å²) in [4.78, 5) is 15.2. The van der Waals surface area contributed by atoms with Crippen LogP contribution in [0.15, 0.2) is 11.2 Å². The van der Waals surface area contributed by atoms with E-state index < -0.39 is 0 Å². The smallest absolute Gasteiger partial charge is 0.233 e. The molecule has 2 aliphatic carbocycles. The highest BCUT2D eigenvalue weighted by Crippen LogP contribution is 2.38. The van der Waals surface area contributed by atoms with E-state index >= 15 is 0 Å². The maximum atomic E-state index is 12.5. The molecule has 1 amide bonds. The minimum absolute atomic E-state index is 0.110. The van der Waals surface area contributed by atoms with E-state index in [4.69, 9.17) is 0 Å². The molecule has 2 aliphatic rings. The van der Waals surface area contributed by atoms with Crippen molar-refractivity contribution in [1.29, 1.82) is 0 Å². The molecule has 0 radical (unpaired) electrons. The fourth-order valence-electron chi connectivity index (χ4n) is 4.29. The summed E-state index contributed by atoms with van der Waals surface area (Å²) in [7, 11) is 2.01. The van der Waals surface area contributed by atoms with Crippen LogP contribution in [0.3, 0.4) is 0 Å². The minimum Gasteiger partial charge on any atom is -0.352 e. The van der Waals surface area contributed by atoms with Gasteiger partial charge in [-0.1, -0.05) is 37.9 Å². The molecule has 2 aromatic rings. The minimum atomic E-state index is -0.168. The van der Waals surface area contributed by atoms with Gasteiger partial charge in [0.15, 0.2) is 11.0 Å². The van der Waals surface area contributed by atoms with Crippen LogP contribution in [-0.4, -0.2) is 32.0 Å². The highest BCUT2D eigenvalue weighted by molar-refractivity contribution is 8.00. The van der Waals surface area contributed by atoms with Gasteiger partial charge < -0.3 is 9.88 Å². The first-order chi connectivity index (χ1) is 13.5. The van der Waals surface area contributed by atoms with Crippen molar-refractivity contribution < 1.29 is 4.79 Å². The zero-order valence-corrected chi connectivity index (χ0v) is 18.7. The Kier molecular flexibility index (Phi) is 6.11. The van der Waals surface area contributed by atoms with Crippen molar-refractivity contribution in [2.45, 2.75) is 81.7 Å². The van der Waals surface area contributed by atoms with E-state index in [-0.39, 0.29) is 11.2 Å². The van der Waals surface area contributed by atoms with Crippen LogP contribution < -0.4 is 5.32 Å². The van der Waals surface area contributed by atoms with E-state index in [0.29, 0.717) is 6.04 Å². The van der Waals surface area contributed by atoms with E-state index in [1.807, 2.05) is 29.9 Å². The maximum absolute atomic E-state index is 12.5. The van der Waals surface area contributed by atoms with Crippen LogP contribution in [0.1, 0.15) is 62.8 Å². The number of carbonyl (C=O) groups is 1. The second-order valence-electron chi connectivity index (χ2n) is 8.19. The second kappa shape index (κ2) is 8.57. The fourth-order valence-corrected chi connectivity index (χ4v) is 6.34. The van der Waals surface area contributed by atoms with E-state index in [9.17, 15) is 4.79 Å².